The second-order valence-corrected chi connectivity index (χ2v) is 4.81. The SMILES string of the molecule is CCOC(=O)c1cc2occc2n1CCc1ccccc1. The Hall–Kier alpha value is -2.49. The molecule has 21 heavy (non-hydrogen) atoms. The zero-order chi connectivity index (χ0) is 14.7. The number of nitrogens with zero attached hydrogens (tertiary/aromatic N) is 1. The summed E-state index contributed by atoms with van der Waals surface area (Å²) >= 11 is 0. The Morgan fingerprint density at radius 3 is 2.81 bits per heavy atom. The van der Waals surface area contributed by atoms with Crippen molar-refractivity contribution in [2.75, 3.05) is 6.61 Å². The van der Waals surface area contributed by atoms with Gasteiger partial charge in [0.2, 0.25) is 0 Å². The van der Waals surface area contributed by atoms with Crippen molar-refractivity contribution in [2.45, 2.75) is 19.9 Å². The lowest BCUT2D eigenvalue weighted by molar-refractivity contribution is 0.0514. The summed E-state index contributed by atoms with van der Waals surface area (Å²) in [6.45, 7) is 2.88. The lowest BCUT2D eigenvalue weighted by Crippen LogP contribution is -2.13. The number of carbonyl (C=O) groups excluding carboxylic acids is 1. The van der Waals surface area contributed by atoms with Crippen molar-refractivity contribution in [1.82, 2.24) is 4.57 Å². The summed E-state index contributed by atoms with van der Waals surface area (Å²) in [6, 6.07) is 13.8. The number of aryl methyl sites for hydroxylation is 2. The number of furan rings is 1. The van der Waals surface area contributed by atoms with Crippen molar-refractivity contribution in [3.05, 3.63) is 60.0 Å². The molecule has 4 heteroatoms. The van der Waals surface area contributed by atoms with Crippen LogP contribution < -0.4 is 0 Å². The van der Waals surface area contributed by atoms with E-state index in [0.717, 1.165) is 11.9 Å². The average Bonchev–Trinajstić information content (AvgIpc) is 3.07. The third kappa shape index (κ3) is 2.70. The van der Waals surface area contributed by atoms with E-state index in [-0.39, 0.29) is 5.97 Å². The van der Waals surface area contributed by atoms with Gasteiger partial charge in [0.05, 0.1) is 18.4 Å². The zero-order valence-electron chi connectivity index (χ0n) is 11.9. The highest BCUT2D eigenvalue weighted by Gasteiger charge is 2.18. The molecule has 0 unspecified atom stereocenters. The van der Waals surface area contributed by atoms with E-state index in [0.29, 0.717) is 24.4 Å². The smallest absolute Gasteiger partial charge is 0.355 e. The largest absolute Gasteiger partial charge is 0.463 e. The van der Waals surface area contributed by atoms with Crippen LogP contribution in [0, 0.1) is 0 Å². The molecule has 2 heterocycles. The number of hydrogen-bond donors (Lipinski definition) is 0. The molecule has 108 valence electrons. The van der Waals surface area contributed by atoms with Crippen molar-refractivity contribution in [3.8, 4) is 0 Å². The van der Waals surface area contributed by atoms with E-state index in [9.17, 15) is 4.79 Å². The van der Waals surface area contributed by atoms with E-state index >= 15 is 0 Å². The molecular formula is C17H17NO3. The number of esters is 1. The van der Waals surface area contributed by atoms with Crippen molar-refractivity contribution in [3.63, 3.8) is 0 Å². The van der Waals surface area contributed by atoms with Crippen LogP contribution in [0.3, 0.4) is 0 Å². The third-order valence-electron chi connectivity index (χ3n) is 3.47. The molecule has 0 saturated carbocycles. The maximum absolute atomic E-state index is 12.1. The van der Waals surface area contributed by atoms with E-state index in [1.54, 1.807) is 19.3 Å². The van der Waals surface area contributed by atoms with Gasteiger partial charge in [-0.25, -0.2) is 4.79 Å². The summed E-state index contributed by atoms with van der Waals surface area (Å²) in [7, 11) is 0. The average molecular weight is 283 g/mol. The number of rotatable bonds is 5. The fourth-order valence-corrected chi connectivity index (χ4v) is 2.48. The van der Waals surface area contributed by atoms with Gasteiger partial charge in [-0.3, -0.25) is 0 Å². The van der Waals surface area contributed by atoms with Crippen LogP contribution in [-0.4, -0.2) is 17.1 Å². The molecule has 3 aromatic rings. The highest BCUT2D eigenvalue weighted by Crippen LogP contribution is 2.22. The Bertz CT molecular complexity index is 740. The number of ether oxygens (including phenoxy) is 1. The summed E-state index contributed by atoms with van der Waals surface area (Å²) in [6.07, 6.45) is 2.49. The van der Waals surface area contributed by atoms with Gasteiger partial charge in [-0.1, -0.05) is 30.3 Å². The molecule has 0 amide bonds. The first-order valence-corrected chi connectivity index (χ1v) is 7.07. The van der Waals surface area contributed by atoms with Crippen LogP contribution in [0.5, 0.6) is 0 Å². The molecule has 0 aliphatic carbocycles. The van der Waals surface area contributed by atoms with E-state index in [4.69, 9.17) is 9.15 Å². The highest BCUT2D eigenvalue weighted by atomic mass is 16.5. The van der Waals surface area contributed by atoms with E-state index in [2.05, 4.69) is 12.1 Å². The number of benzene rings is 1. The molecule has 4 nitrogen and oxygen atoms in total. The second-order valence-electron chi connectivity index (χ2n) is 4.81. The summed E-state index contributed by atoms with van der Waals surface area (Å²) in [4.78, 5) is 12.1. The van der Waals surface area contributed by atoms with Crippen molar-refractivity contribution in [1.29, 1.82) is 0 Å². The topological polar surface area (TPSA) is 44.4 Å². The quantitative estimate of drug-likeness (QED) is 0.671. The van der Waals surface area contributed by atoms with Crippen LogP contribution in [-0.2, 0) is 17.7 Å². The first kappa shape index (κ1) is 13.5. The lowest BCUT2D eigenvalue weighted by atomic mass is 10.1. The number of fused-ring (bicyclic) bond motifs is 1. The van der Waals surface area contributed by atoms with Gasteiger partial charge < -0.3 is 13.7 Å². The Morgan fingerprint density at radius 2 is 2.05 bits per heavy atom. The predicted octanol–water partition coefficient (Wildman–Crippen LogP) is 3.65. The number of aromatic nitrogens is 1. The maximum Gasteiger partial charge on any atom is 0.355 e. The molecule has 2 aromatic heterocycles. The van der Waals surface area contributed by atoms with Crippen LogP contribution in [0.4, 0.5) is 0 Å². The molecule has 0 aliphatic rings. The van der Waals surface area contributed by atoms with E-state index < -0.39 is 0 Å². The lowest BCUT2D eigenvalue weighted by Gasteiger charge is -2.09. The number of hydrogen-bond acceptors (Lipinski definition) is 3. The summed E-state index contributed by atoms with van der Waals surface area (Å²) in [5.74, 6) is -0.308. The minimum Gasteiger partial charge on any atom is -0.463 e. The van der Waals surface area contributed by atoms with Gasteiger partial charge >= 0.3 is 5.97 Å². The van der Waals surface area contributed by atoms with Crippen LogP contribution in [0.25, 0.3) is 11.1 Å². The number of carbonyl (C=O) groups is 1. The van der Waals surface area contributed by atoms with Gasteiger partial charge in [0.15, 0.2) is 5.58 Å². The molecule has 0 spiro atoms. The molecule has 0 bridgehead atoms. The molecule has 0 N–H and O–H groups in total. The van der Waals surface area contributed by atoms with Gasteiger partial charge in [-0.05, 0) is 18.9 Å². The van der Waals surface area contributed by atoms with Crippen molar-refractivity contribution >= 4 is 17.1 Å². The molecular weight excluding hydrogens is 266 g/mol. The van der Waals surface area contributed by atoms with E-state index in [1.807, 2.05) is 28.8 Å². The standard InChI is InChI=1S/C17H17NO3/c1-2-20-17(19)15-12-16-14(9-11-21-16)18(15)10-8-13-6-4-3-5-7-13/h3-7,9,11-12H,2,8,10H2,1H3. The van der Waals surface area contributed by atoms with Crippen molar-refractivity contribution in [2.24, 2.45) is 0 Å². The summed E-state index contributed by atoms with van der Waals surface area (Å²) < 4.78 is 12.5. The van der Waals surface area contributed by atoms with Crippen molar-refractivity contribution < 1.29 is 13.9 Å². The molecule has 0 aliphatic heterocycles. The van der Waals surface area contributed by atoms with Crippen LogP contribution >= 0.6 is 0 Å². The zero-order valence-corrected chi connectivity index (χ0v) is 11.9. The first-order valence-electron chi connectivity index (χ1n) is 7.07. The Labute approximate surface area is 122 Å². The van der Waals surface area contributed by atoms with E-state index in [1.165, 1.54) is 5.56 Å². The fraction of sp³-hybridized carbons (Fsp3) is 0.235. The minimum absolute atomic E-state index is 0.308. The summed E-state index contributed by atoms with van der Waals surface area (Å²) in [5.41, 5.74) is 3.42. The van der Waals surface area contributed by atoms with Gasteiger partial charge in [-0.15, -0.1) is 0 Å². The van der Waals surface area contributed by atoms with Crippen LogP contribution in [0.1, 0.15) is 23.0 Å². The Balaban J connectivity index is 1.90. The molecule has 0 fully saturated rings. The maximum atomic E-state index is 12.1. The normalized spacial score (nSPS) is 10.9. The molecule has 3 rings (SSSR count). The predicted molar refractivity (Wildman–Crippen MR) is 80.3 cm³/mol. The first-order chi connectivity index (χ1) is 10.3. The van der Waals surface area contributed by atoms with Gasteiger partial charge in [0.1, 0.15) is 5.69 Å². The fourth-order valence-electron chi connectivity index (χ4n) is 2.48. The Kier molecular flexibility index (Phi) is 3.77. The monoisotopic (exact) mass is 283 g/mol. The minimum atomic E-state index is -0.308. The molecule has 0 radical (unpaired) electrons. The van der Waals surface area contributed by atoms with Gasteiger partial charge in [0.25, 0.3) is 0 Å². The van der Waals surface area contributed by atoms with Crippen LogP contribution in [0.2, 0.25) is 0 Å². The molecule has 0 saturated heterocycles. The summed E-state index contributed by atoms with van der Waals surface area (Å²) in [5, 5.41) is 0. The molecule has 0 atom stereocenters. The van der Waals surface area contributed by atoms with Gasteiger partial charge in [-0.2, -0.15) is 0 Å². The molecule has 1 aromatic carbocycles. The third-order valence-corrected chi connectivity index (χ3v) is 3.47. The van der Waals surface area contributed by atoms with Crippen LogP contribution in [0.15, 0.2) is 53.1 Å². The second kappa shape index (κ2) is 5.87. The highest BCUT2D eigenvalue weighted by molar-refractivity contribution is 5.94. The Morgan fingerprint density at radius 1 is 1.24 bits per heavy atom. The van der Waals surface area contributed by atoms with Gasteiger partial charge in [0, 0.05) is 18.7 Å².